The van der Waals surface area contributed by atoms with Gasteiger partial charge in [0.2, 0.25) is 15.9 Å². The highest BCUT2D eigenvalue weighted by atomic mass is 32.2. The number of hydrogen-bond donors (Lipinski definition) is 1. The Morgan fingerprint density at radius 3 is 2.32 bits per heavy atom. The van der Waals surface area contributed by atoms with E-state index in [0.717, 1.165) is 22.9 Å². The van der Waals surface area contributed by atoms with Crippen LogP contribution in [0, 0.1) is 13.8 Å². The molecule has 31 heavy (non-hydrogen) atoms. The van der Waals surface area contributed by atoms with Crippen LogP contribution in [0.1, 0.15) is 43.0 Å². The molecule has 0 fully saturated rings. The second-order valence-electron chi connectivity index (χ2n) is 7.61. The quantitative estimate of drug-likeness (QED) is 0.632. The Balaban J connectivity index is 2.42. The Labute approximate surface area is 185 Å². The molecule has 0 saturated heterocycles. The van der Waals surface area contributed by atoms with Gasteiger partial charge in [-0.25, -0.2) is 8.42 Å². The lowest BCUT2D eigenvalue weighted by atomic mass is 10.0. The van der Waals surface area contributed by atoms with Crippen molar-refractivity contribution in [1.29, 1.82) is 0 Å². The van der Waals surface area contributed by atoms with E-state index in [-0.39, 0.29) is 5.91 Å². The summed E-state index contributed by atoms with van der Waals surface area (Å²) in [5.74, 6) is 0.861. The van der Waals surface area contributed by atoms with E-state index in [1.165, 1.54) is 4.31 Å². The molecule has 2 atom stereocenters. The molecule has 0 heterocycles. The van der Waals surface area contributed by atoms with Crippen LogP contribution in [0.2, 0.25) is 0 Å². The van der Waals surface area contributed by atoms with Gasteiger partial charge >= 0.3 is 0 Å². The number of rotatable bonds is 9. The van der Waals surface area contributed by atoms with Crippen LogP contribution in [-0.2, 0) is 14.8 Å². The van der Waals surface area contributed by atoms with Crippen molar-refractivity contribution in [2.45, 2.75) is 46.2 Å². The Morgan fingerprint density at radius 1 is 1.10 bits per heavy atom. The summed E-state index contributed by atoms with van der Waals surface area (Å²) in [6.45, 7) is 7.35. The molecule has 7 nitrogen and oxygen atoms in total. The average Bonchev–Trinajstić information content (AvgIpc) is 2.72. The number of benzene rings is 2. The summed E-state index contributed by atoms with van der Waals surface area (Å²) in [6, 6.07) is 9.59. The van der Waals surface area contributed by atoms with Crippen molar-refractivity contribution in [3.63, 3.8) is 0 Å². The summed E-state index contributed by atoms with van der Waals surface area (Å²) in [4.78, 5) is 13.3. The molecule has 0 radical (unpaired) electrons. The molecule has 0 spiro atoms. The maximum atomic E-state index is 13.3. The first-order valence-electron chi connectivity index (χ1n) is 10.1. The van der Waals surface area contributed by atoms with Crippen LogP contribution in [0.15, 0.2) is 36.4 Å². The third-order valence-electron chi connectivity index (χ3n) is 5.19. The summed E-state index contributed by atoms with van der Waals surface area (Å²) in [5.41, 5.74) is 2.95. The van der Waals surface area contributed by atoms with Gasteiger partial charge in [-0.3, -0.25) is 9.10 Å². The number of carbonyl (C=O) groups excluding carboxylic acids is 1. The van der Waals surface area contributed by atoms with Gasteiger partial charge in [-0.2, -0.15) is 0 Å². The largest absolute Gasteiger partial charge is 0.497 e. The van der Waals surface area contributed by atoms with Gasteiger partial charge in [0.05, 0.1) is 32.2 Å². The Hall–Kier alpha value is -2.74. The van der Waals surface area contributed by atoms with E-state index >= 15 is 0 Å². The molecule has 1 amide bonds. The molecule has 0 saturated carbocycles. The molecule has 0 aromatic heterocycles. The van der Waals surface area contributed by atoms with Gasteiger partial charge in [-0.1, -0.05) is 19.1 Å². The van der Waals surface area contributed by atoms with Crippen LogP contribution in [0.4, 0.5) is 5.69 Å². The van der Waals surface area contributed by atoms with E-state index in [2.05, 4.69) is 5.32 Å². The summed E-state index contributed by atoms with van der Waals surface area (Å²) in [6.07, 6.45) is 1.44. The first-order valence-corrected chi connectivity index (χ1v) is 12.0. The second kappa shape index (κ2) is 10.0. The van der Waals surface area contributed by atoms with Crippen molar-refractivity contribution in [1.82, 2.24) is 5.32 Å². The maximum absolute atomic E-state index is 13.3. The molecule has 170 valence electrons. The van der Waals surface area contributed by atoms with Crippen LogP contribution in [0.25, 0.3) is 0 Å². The summed E-state index contributed by atoms with van der Waals surface area (Å²) >= 11 is 0. The van der Waals surface area contributed by atoms with E-state index < -0.39 is 22.1 Å². The smallest absolute Gasteiger partial charge is 0.244 e. The normalized spacial score (nSPS) is 13.3. The molecular formula is C23H32N2O5S. The number of amides is 1. The van der Waals surface area contributed by atoms with Crippen molar-refractivity contribution in [2.75, 3.05) is 24.8 Å². The minimum Gasteiger partial charge on any atom is -0.497 e. The Bertz CT molecular complexity index is 1040. The van der Waals surface area contributed by atoms with Gasteiger partial charge in [0.1, 0.15) is 17.5 Å². The highest BCUT2D eigenvalue weighted by Crippen LogP contribution is 2.31. The topological polar surface area (TPSA) is 84.9 Å². The number of nitrogens with zero attached hydrogens (tertiary/aromatic N) is 1. The third kappa shape index (κ3) is 5.70. The fraction of sp³-hybridized carbons (Fsp3) is 0.435. The minimum absolute atomic E-state index is 0.314. The van der Waals surface area contributed by atoms with Gasteiger partial charge in [0, 0.05) is 5.56 Å². The standard InChI is InChI=1S/C23H32N2O5S/c1-8-20(25(31(7,27)28)21-13-15(2)9-10-16(21)3)23(26)24-17(4)19-14-18(29-5)11-12-22(19)30-6/h9-14,17,20H,8H2,1-7H3,(H,24,26)/t17-,20+/m1/s1. The van der Waals surface area contributed by atoms with Crippen LogP contribution in [-0.4, -0.2) is 40.8 Å². The van der Waals surface area contributed by atoms with E-state index in [1.54, 1.807) is 45.4 Å². The Kier molecular flexibility index (Phi) is 7.95. The van der Waals surface area contributed by atoms with Crippen molar-refractivity contribution in [3.05, 3.63) is 53.1 Å². The number of anilines is 1. The zero-order valence-electron chi connectivity index (χ0n) is 19.2. The number of hydrogen-bond acceptors (Lipinski definition) is 5. The van der Waals surface area contributed by atoms with Gasteiger partial charge < -0.3 is 14.8 Å². The van der Waals surface area contributed by atoms with Gasteiger partial charge in [-0.15, -0.1) is 0 Å². The number of carbonyl (C=O) groups is 1. The van der Waals surface area contributed by atoms with Gasteiger partial charge in [0.15, 0.2) is 0 Å². The number of ether oxygens (including phenoxy) is 2. The molecule has 2 rings (SSSR count). The van der Waals surface area contributed by atoms with E-state index in [4.69, 9.17) is 9.47 Å². The minimum atomic E-state index is -3.71. The molecule has 0 aliphatic rings. The van der Waals surface area contributed by atoms with Crippen molar-refractivity contribution in [2.24, 2.45) is 0 Å². The van der Waals surface area contributed by atoms with Crippen molar-refractivity contribution < 1.29 is 22.7 Å². The lowest BCUT2D eigenvalue weighted by molar-refractivity contribution is -0.122. The first kappa shape index (κ1) is 24.5. The maximum Gasteiger partial charge on any atom is 0.244 e. The zero-order valence-corrected chi connectivity index (χ0v) is 20.0. The average molecular weight is 449 g/mol. The number of methoxy groups -OCH3 is 2. The van der Waals surface area contributed by atoms with Crippen molar-refractivity contribution >= 4 is 21.6 Å². The summed E-state index contributed by atoms with van der Waals surface area (Å²) < 4.78 is 37.4. The molecular weight excluding hydrogens is 416 g/mol. The summed E-state index contributed by atoms with van der Waals surface area (Å²) in [5, 5.41) is 2.95. The third-order valence-corrected chi connectivity index (χ3v) is 6.36. The van der Waals surface area contributed by atoms with E-state index in [9.17, 15) is 13.2 Å². The molecule has 0 unspecified atom stereocenters. The highest BCUT2D eigenvalue weighted by Gasteiger charge is 2.33. The predicted molar refractivity (Wildman–Crippen MR) is 123 cm³/mol. The fourth-order valence-electron chi connectivity index (χ4n) is 3.56. The van der Waals surface area contributed by atoms with Crippen molar-refractivity contribution in [3.8, 4) is 11.5 Å². The predicted octanol–water partition coefficient (Wildman–Crippen LogP) is 3.74. The summed E-state index contributed by atoms with van der Waals surface area (Å²) in [7, 11) is -0.588. The molecule has 2 aromatic rings. The molecule has 2 aromatic carbocycles. The van der Waals surface area contributed by atoms with Gasteiger partial charge in [0.25, 0.3) is 0 Å². The van der Waals surface area contributed by atoms with Gasteiger partial charge in [-0.05, 0) is 62.6 Å². The number of sulfonamides is 1. The van der Waals surface area contributed by atoms with Crippen LogP contribution in [0.5, 0.6) is 11.5 Å². The first-order chi connectivity index (χ1) is 14.5. The fourth-order valence-corrected chi connectivity index (χ4v) is 4.82. The highest BCUT2D eigenvalue weighted by molar-refractivity contribution is 7.92. The molecule has 8 heteroatoms. The molecule has 0 aliphatic heterocycles. The molecule has 1 N–H and O–H groups in total. The lowest BCUT2D eigenvalue weighted by Crippen LogP contribution is -2.50. The SMILES string of the molecule is CC[C@@H](C(=O)N[C@H](C)c1cc(OC)ccc1OC)N(c1cc(C)ccc1C)S(C)(=O)=O. The van der Waals surface area contributed by atoms with Crippen LogP contribution < -0.4 is 19.1 Å². The monoisotopic (exact) mass is 448 g/mol. The zero-order chi connectivity index (χ0) is 23.3. The lowest BCUT2D eigenvalue weighted by Gasteiger charge is -2.32. The Morgan fingerprint density at radius 2 is 1.77 bits per heavy atom. The molecule has 0 bridgehead atoms. The number of aryl methyl sites for hydroxylation is 2. The van der Waals surface area contributed by atoms with Crippen LogP contribution in [0.3, 0.4) is 0 Å². The number of nitrogens with one attached hydrogen (secondary N) is 1. The van der Waals surface area contributed by atoms with Crippen LogP contribution >= 0.6 is 0 Å². The molecule has 0 aliphatic carbocycles. The van der Waals surface area contributed by atoms with E-state index in [1.807, 2.05) is 32.9 Å². The second-order valence-corrected chi connectivity index (χ2v) is 9.47. The van der Waals surface area contributed by atoms with E-state index in [0.29, 0.717) is 23.6 Å².